The summed E-state index contributed by atoms with van der Waals surface area (Å²) in [6.45, 7) is 10.9. The number of aryl methyl sites for hydroxylation is 3. The summed E-state index contributed by atoms with van der Waals surface area (Å²) < 4.78 is 6.00. The van der Waals surface area contributed by atoms with Crippen LogP contribution in [0.3, 0.4) is 0 Å². The lowest BCUT2D eigenvalue weighted by Crippen LogP contribution is -2.03. The molecule has 1 heterocycles. The zero-order valence-corrected chi connectivity index (χ0v) is 12.7. The largest absolute Gasteiger partial charge is 0.438 e. The van der Waals surface area contributed by atoms with Gasteiger partial charge >= 0.3 is 0 Å². The molecule has 4 heteroatoms. The minimum absolute atomic E-state index is 0.574. The number of nitrogens with zero attached hydrogens (tertiary/aromatic N) is 2. The Hall–Kier alpha value is -2.10. The summed E-state index contributed by atoms with van der Waals surface area (Å²) in [6.07, 6.45) is 0. The highest BCUT2D eigenvalue weighted by Gasteiger charge is 2.10. The fraction of sp³-hybridized carbons (Fsp3) is 0.375. The van der Waals surface area contributed by atoms with Crippen LogP contribution in [0.2, 0.25) is 0 Å². The van der Waals surface area contributed by atoms with Crippen LogP contribution in [0.25, 0.3) is 0 Å². The van der Waals surface area contributed by atoms with Crippen molar-refractivity contribution in [2.75, 3.05) is 11.9 Å². The molecule has 4 nitrogen and oxygen atoms in total. The number of nitrogens with one attached hydrogen (secondary N) is 1. The van der Waals surface area contributed by atoms with Crippen molar-refractivity contribution in [2.24, 2.45) is 0 Å². The highest BCUT2D eigenvalue weighted by atomic mass is 16.5. The van der Waals surface area contributed by atoms with E-state index in [1.165, 1.54) is 5.56 Å². The van der Waals surface area contributed by atoms with Gasteiger partial charge in [0.05, 0.1) is 0 Å². The van der Waals surface area contributed by atoms with E-state index in [1.807, 2.05) is 26.8 Å². The number of benzene rings is 1. The van der Waals surface area contributed by atoms with Crippen molar-refractivity contribution in [3.63, 3.8) is 0 Å². The van der Waals surface area contributed by atoms with Gasteiger partial charge in [0.25, 0.3) is 0 Å². The molecular weight excluding hydrogens is 250 g/mol. The van der Waals surface area contributed by atoms with Crippen molar-refractivity contribution in [3.05, 3.63) is 40.7 Å². The van der Waals surface area contributed by atoms with E-state index in [2.05, 4.69) is 41.3 Å². The smallest absolute Gasteiger partial charge is 0.224 e. The van der Waals surface area contributed by atoms with Crippen LogP contribution in [0.4, 0.5) is 5.82 Å². The number of rotatable bonds is 4. The van der Waals surface area contributed by atoms with Crippen molar-refractivity contribution < 1.29 is 4.74 Å². The van der Waals surface area contributed by atoms with E-state index in [4.69, 9.17) is 4.74 Å². The molecule has 2 aromatic rings. The first-order chi connectivity index (χ1) is 9.51. The Balaban J connectivity index is 2.37. The third-order valence-electron chi connectivity index (χ3n) is 3.25. The molecule has 0 saturated heterocycles. The van der Waals surface area contributed by atoms with Gasteiger partial charge in [0, 0.05) is 12.6 Å². The van der Waals surface area contributed by atoms with Crippen LogP contribution < -0.4 is 10.1 Å². The standard InChI is InChI=1S/C16H21N3O/c1-6-17-14-9-15(19-13(5)18-14)20-16-11(3)8-7-10(2)12(16)4/h7-9H,6H2,1-5H3,(H,17,18,19). The van der Waals surface area contributed by atoms with Crippen molar-refractivity contribution >= 4 is 5.82 Å². The van der Waals surface area contributed by atoms with Crippen LogP contribution >= 0.6 is 0 Å². The third kappa shape index (κ3) is 3.07. The monoisotopic (exact) mass is 271 g/mol. The molecule has 2 rings (SSSR count). The predicted octanol–water partition coefficient (Wildman–Crippen LogP) is 3.93. The molecule has 0 atom stereocenters. The highest BCUT2D eigenvalue weighted by Crippen LogP contribution is 2.30. The van der Waals surface area contributed by atoms with Crippen LogP contribution in [0.15, 0.2) is 18.2 Å². The molecule has 1 N–H and O–H groups in total. The molecule has 0 aliphatic carbocycles. The second kappa shape index (κ2) is 5.90. The van der Waals surface area contributed by atoms with E-state index in [9.17, 15) is 0 Å². The molecule has 0 amide bonds. The zero-order chi connectivity index (χ0) is 14.7. The number of ether oxygens (including phenoxy) is 1. The number of anilines is 1. The van der Waals surface area contributed by atoms with Crippen LogP contribution in [0.5, 0.6) is 11.6 Å². The number of aromatic nitrogens is 2. The van der Waals surface area contributed by atoms with Gasteiger partial charge in [-0.25, -0.2) is 4.98 Å². The fourth-order valence-electron chi connectivity index (χ4n) is 2.05. The topological polar surface area (TPSA) is 47.0 Å². The Morgan fingerprint density at radius 2 is 1.75 bits per heavy atom. The lowest BCUT2D eigenvalue weighted by molar-refractivity contribution is 0.453. The van der Waals surface area contributed by atoms with Gasteiger partial charge in [0.2, 0.25) is 5.88 Å². The molecule has 20 heavy (non-hydrogen) atoms. The molecule has 106 valence electrons. The molecule has 1 aromatic heterocycles. The molecule has 0 radical (unpaired) electrons. The van der Waals surface area contributed by atoms with Crippen LogP contribution in [-0.2, 0) is 0 Å². The summed E-state index contributed by atoms with van der Waals surface area (Å²) in [5.41, 5.74) is 3.46. The quantitative estimate of drug-likeness (QED) is 0.915. The Kier molecular flexibility index (Phi) is 4.23. The Labute approximate surface area is 120 Å². The van der Waals surface area contributed by atoms with Gasteiger partial charge in [-0.15, -0.1) is 0 Å². The summed E-state index contributed by atoms with van der Waals surface area (Å²) in [5.74, 6) is 2.94. The molecular formula is C16H21N3O. The van der Waals surface area contributed by atoms with E-state index in [0.717, 1.165) is 29.2 Å². The van der Waals surface area contributed by atoms with E-state index >= 15 is 0 Å². The fourth-order valence-corrected chi connectivity index (χ4v) is 2.05. The van der Waals surface area contributed by atoms with E-state index in [-0.39, 0.29) is 0 Å². The predicted molar refractivity (Wildman–Crippen MR) is 81.7 cm³/mol. The average Bonchev–Trinajstić information content (AvgIpc) is 2.39. The van der Waals surface area contributed by atoms with Crippen molar-refractivity contribution in [3.8, 4) is 11.6 Å². The van der Waals surface area contributed by atoms with Gasteiger partial charge in [-0.1, -0.05) is 12.1 Å². The van der Waals surface area contributed by atoms with Gasteiger partial charge in [0.15, 0.2) is 0 Å². The summed E-state index contributed by atoms with van der Waals surface area (Å²) in [7, 11) is 0. The van der Waals surface area contributed by atoms with Crippen LogP contribution in [0, 0.1) is 27.7 Å². The first-order valence-corrected chi connectivity index (χ1v) is 6.85. The Bertz CT molecular complexity index is 623. The maximum atomic E-state index is 6.00. The summed E-state index contributed by atoms with van der Waals surface area (Å²) in [5, 5.41) is 3.18. The molecule has 0 spiro atoms. The minimum Gasteiger partial charge on any atom is -0.438 e. The SMILES string of the molecule is CCNc1cc(Oc2c(C)ccc(C)c2C)nc(C)n1. The van der Waals surface area contributed by atoms with Crippen molar-refractivity contribution in [1.29, 1.82) is 0 Å². The van der Waals surface area contributed by atoms with Gasteiger partial charge in [0.1, 0.15) is 17.4 Å². The lowest BCUT2D eigenvalue weighted by atomic mass is 10.1. The zero-order valence-electron chi connectivity index (χ0n) is 12.7. The molecule has 0 aliphatic heterocycles. The second-order valence-corrected chi connectivity index (χ2v) is 4.92. The summed E-state index contributed by atoms with van der Waals surface area (Å²) in [6, 6.07) is 6.00. The van der Waals surface area contributed by atoms with Crippen LogP contribution in [-0.4, -0.2) is 16.5 Å². The summed E-state index contributed by atoms with van der Waals surface area (Å²) >= 11 is 0. The number of hydrogen-bond acceptors (Lipinski definition) is 4. The highest BCUT2D eigenvalue weighted by molar-refractivity contribution is 5.47. The first-order valence-electron chi connectivity index (χ1n) is 6.85. The van der Waals surface area contributed by atoms with Crippen LogP contribution in [0.1, 0.15) is 29.4 Å². The molecule has 0 saturated carbocycles. The van der Waals surface area contributed by atoms with Crippen molar-refractivity contribution in [2.45, 2.75) is 34.6 Å². The van der Waals surface area contributed by atoms with E-state index in [1.54, 1.807) is 0 Å². The molecule has 0 fully saturated rings. The maximum absolute atomic E-state index is 6.00. The van der Waals surface area contributed by atoms with Gasteiger partial charge < -0.3 is 10.1 Å². The minimum atomic E-state index is 0.574. The third-order valence-corrected chi connectivity index (χ3v) is 3.25. The summed E-state index contributed by atoms with van der Waals surface area (Å²) in [4.78, 5) is 8.68. The van der Waals surface area contributed by atoms with E-state index < -0.39 is 0 Å². The van der Waals surface area contributed by atoms with Gasteiger partial charge in [-0.3, -0.25) is 0 Å². The average molecular weight is 271 g/mol. The molecule has 0 aliphatic rings. The van der Waals surface area contributed by atoms with Crippen molar-refractivity contribution in [1.82, 2.24) is 9.97 Å². The second-order valence-electron chi connectivity index (χ2n) is 4.92. The molecule has 0 unspecified atom stereocenters. The van der Waals surface area contributed by atoms with Gasteiger partial charge in [-0.2, -0.15) is 4.98 Å². The Morgan fingerprint density at radius 3 is 2.45 bits per heavy atom. The number of hydrogen-bond donors (Lipinski definition) is 1. The lowest BCUT2D eigenvalue weighted by Gasteiger charge is -2.14. The normalized spacial score (nSPS) is 10.4. The molecule has 0 bridgehead atoms. The Morgan fingerprint density at radius 1 is 1.05 bits per heavy atom. The van der Waals surface area contributed by atoms with E-state index in [0.29, 0.717) is 11.7 Å². The molecule has 1 aromatic carbocycles. The van der Waals surface area contributed by atoms with Gasteiger partial charge in [-0.05, 0) is 51.3 Å². The maximum Gasteiger partial charge on any atom is 0.224 e. The first kappa shape index (κ1) is 14.3.